The molecule has 0 aliphatic carbocycles. The predicted molar refractivity (Wildman–Crippen MR) is 75.5 cm³/mol. The number of likely N-dealkylation sites (N-methyl/N-ethyl adjacent to an activating group) is 1. The minimum atomic E-state index is 0.0313. The van der Waals surface area contributed by atoms with Gasteiger partial charge in [-0.3, -0.25) is 9.69 Å². The van der Waals surface area contributed by atoms with Crippen molar-refractivity contribution >= 4 is 5.91 Å². The molecule has 0 fully saturated rings. The van der Waals surface area contributed by atoms with Crippen molar-refractivity contribution in [1.82, 2.24) is 10.2 Å². The van der Waals surface area contributed by atoms with Crippen molar-refractivity contribution in [3.8, 4) is 6.07 Å². The smallest absolute Gasteiger partial charge is 0.234 e. The number of aryl methyl sites for hydroxylation is 1. The van der Waals surface area contributed by atoms with E-state index in [0.29, 0.717) is 18.7 Å². The number of carbonyl (C=O) groups excluding carboxylic acids is 1. The van der Waals surface area contributed by atoms with Crippen LogP contribution in [-0.2, 0) is 11.3 Å². The van der Waals surface area contributed by atoms with Crippen molar-refractivity contribution in [3.05, 3.63) is 34.9 Å². The Kier molecular flexibility index (Phi) is 5.53. The van der Waals surface area contributed by atoms with Crippen molar-refractivity contribution in [1.29, 1.82) is 5.26 Å². The van der Waals surface area contributed by atoms with Gasteiger partial charge in [-0.05, 0) is 51.1 Å². The van der Waals surface area contributed by atoms with Crippen LogP contribution in [0.4, 0.5) is 0 Å². The van der Waals surface area contributed by atoms with Gasteiger partial charge in [-0.2, -0.15) is 5.26 Å². The van der Waals surface area contributed by atoms with Crippen molar-refractivity contribution in [3.63, 3.8) is 0 Å². The molecule has 0 aliphatic rings. The van der Waals surface area contributed by atoms with Crippen LogP contribution in [0.3, 0.4) is 0 Å². The highest BCUT2D eigenvalue weighted by Crippen LogP contribution is 2.12. The van der Waals surface area contributed by atoms with Gasteiger partial charge in [0.15, 0.2) is 0 Å². The van der Waals surface area contributed by atoms with E-state index < -0.39 is 0 Å². The summed E-state index contributed by atoms with van der Waals surface area (Å²) in [6.45, 7) is 6.95. The van der Waals surface area contributed by atoms with Crippen LogP contribution in [0.15, 0.2) is 18.2 Å². The number of nitrogens with one attached hydrogen (secondary N) is 1. The van der Waals surface area contributed by atoms with Gasteiger partial charge in [0.1, 0.15) is 0 Å². The molecule has 1 aromatic carbocycles. The van der Waals surface area contributed by atoms with E-state index in [2.05, 4.69) is 11.4 Å². The molecule has 0 aromatic heterocycles. The van der Waals surface area contributed by atoms with E-state index >= 15 is 0 Å². The van der Waals surface area contributed by atoms with Gasteiger partial charge in [0.25, 0.3) is 0 Å². The van der Waals surface area contributed by atoms with E-state index in [-0.39, 0.29) is 11.9 Å². The Hall–Kier alpha value is -1.86. The molecule has 19 heavy (non-hydrogen) atoms. The molecule has 0 radical (unpaired) electrons. The van der Waals surface area contributed by atoms with E-state index in [0.717, 1.165) is 11.1 Å². The van der Waals surface area contributed by atoms with Gasteiger partial charge in [-0.15, -0.1) is 0 Å². The second-order valence-electron chi connectivity index (χ2n) is 5.15. The quantitative estimate of drug-likeness (QED) is 0.877. The largest absolute Gasteiger partial charge is 0.353 e. The molecule has 0 saturated carbocycles. The van der Waals surface area contributed by atoms with E-state index in [9.17, 15) is 4.79 Å². The Morgan fingerprint density at radius 3 is 2.68 bits per heavy atom. The summed E-state index contributed by atoms with van der Waals surface area (Å²) >= 11 is 0. The van der Waals surface area contributed by atoms with E-state index in [1.54, 1.807) is 0 Å². The number of benzene rings is 1. The fraction of sp³-hybridized carbons (Fsp3) is 0.467. The molecule has 0 atom stereocenters. The lowest BCUT2D eigenvalue weighted by Gasteiger charge is -2.18. The first-order valence-corrected chi connectivity index (χ1v) is 6.40. The number of amides is 1. The predicted octanol–water partition coefficient (Wildman–Crippen LogP) is 1.82. The van der Waals surface area contributed by atoms with Crippen LogP contribution in [-0.4, -0.2) is 30.4 Å². The van der Waals surface area contributed by atoms with E-state index in [4.69, 9.17) is 5.26 Å². The van der Waals surface area contributed by atoms with E-state index in [1.807, 2.05) is 50.9 Å². The highest BCUT2D eigenvalue weighted by Gasteiger charge is 2.09. The summed E-state index contributed by atoms with van der Waals surface area (Å²) in [5.74, 6) is 0.0313. The lowest BCUT2D eigenvalue weighted by Crippen LogP contribution is -2.38. The molecule has 4 nitrogen and oxygen atoms in total. The highest BCUT2D eigenvalue weighted by atomic mass is 16.2. The van der Waals surface area contributed by atoms with Gasteiger partial charge < -0.3 is 5.32 Å². The molecule has 1 aromatic rings. The van der Waals surface area contributed by atoms with Gasteiger partial charge >= 0.3 is 0 Å². The first-order chi connectivity index (χ1) is 8.92. The van der Waals surface area contributed by atoms with Crippen molar-refractivity contribution in [2.45, 2.75) is 33.4 Å². The fourth-order valence-electron chi connectivity index (χ4n) is 1.90. The van der Waals surface area contributed by atoms with Gasteiger partial charge in [0.2, 0.25) is 5.91 Å². The maximum atomic E-state index is 11.6. The zero-order valence-electron chi connectivity index (χ0n) is 12.0. The highest BCUT2D eigenvalue weighted by molar-refractivity contribution is 5.78. The second-order valence-corrected chi connectivity index (χ2v) is 5.15. The van der Waals surface area contributed by atoms with Crippen LogP contribution < -0.4 is 5.32 Å². The molecule has 0 aliphatic heterocycles. The van der Waals surface area contributed by atoms with Crippen LogP contribution in [0.1, 0.15) is 30.5 Å². The van der Waals surface area contributed by atoms with Crippen LogP contribution in [0.25, 0.3) is 0 Å². The summed E-state index contributed by atoms with van der Waals surface area (Å²) in [5.41, 5.74) is 2.88. The monoisotopic (exact) mass is 259 g/mol. The zero-order chi connectivity index (χ0) is 14.4. The maximum absolute atomic E-state index is 11.6. The molecule has 0 spiro atoms. The molecule has 1 rings (SSSR count). The van der Waals surface area contributed by atoms with Gasteiger partial charge in [-0.1, -0.05) is 6.07 Å². The molecule has 1 amide bonds. The molecular formula is C15H21N3O. The summed E-state index contributed by atoms with van der Waals surface area (Å²) in [5, 5.41) is 11.7. The Morgan fingerprint density at radius 1 is 1.47 bits per heavy atom. The van der Waals surface area contributed by atoms with Crippen molar-refractivity contribution in [2.24, 2.45) is 0 Å². The number of nitrogens with zero attached hydrogens (tertiary/aromatic N) is 2. The van der Waals surface area contributed by atoms with Gasteiger partial charge in [0.05, 0.1) is 18.2 Å². The Morgan fingerprint density at radius 2 is 2.16 bits per heavy atom. The molecule has 0 unspecified atom stereocenters. The lowest BCUT2D eigenvalue weighted by molar-refractivity contribution is -0.122. The van der Waals surface area contributed by atoms with Gasteiger partial charge in [-0.25, -0.2) is 0 Å². The molecule has 4 heteroatoms. The molecular weight excluding hydrogens is 238 g/mol. The maximum Gasteiger partial charge on any atom is 0.234 e. The third kappa shape index (κ3) is 5.11. The average Bonchev–Trinajstić information content (AvgIpc) is 2.30. The minimum absolute atomic E-state index is 0.0313. The number of rotatable bonds is 5. The van der Waals surface area contributed by atoms with Crippen molar-refractivity contribution < 1.29 is 4.79 Å². The molecule has 0 saturated heterocycles. The zero-order valence-corrected chi connectivity index (χ0v) is 12.0. The average molecular weight is 259 g/mol. The Balaban J connectivity index is 2.60. The first kappa shape index (κ1) is 15.2. The summed E-state index contributed by atoms with van der Waals surface area (Å²) in [7, 11) is 1.91. The van der Waals surface area contributed by atoms with Crippen LogP contribution in [0.2, 0.25) is 0 Å². The topological polar surface area (TPSA) is 56.1 Å². The second kappa shape index (κ2) is 6.91. The van der Waals surface area contributed by atoms with Crippen LogP contribution in [0, 0.1) is 18.3 Å². The SMILES string of the molecule is Cc1cc(C#N)ccc1CN(C)CC(=O)NC(C)C. The molecule has 0 heterocycles. The normalized spacial score (nSPS) is 10.6. The number of hydrogen-bond acceptors (Lipinski definition) is 3. The van der Waals surface area contributed by atoms with Crippen LogP contribution >= 0.6 is 0 Å². The summed E-state index contributed by atoms with van der Waals surface area (Å²) in [6, 6.07) is 7.92. The number of carbonyl (C=O) groups is 1. The number of nitriles is 1. The van der Waals surface area contributed by atoms with Crippen molar-refractivity contribution in [2.75, 3.05) is 13.6 Å². The Labute approximate surface area is 115 Å². The van der Waals surface area contributed by atoms with Crippen LogP contribution in [0.5, 0.6) is 0 Å². The third-order valence-corrected chi connectivity index (χ3v) is 2.78. The minimum Gasteiger partial charge on any atom is -0.353 e. The fourth-order valence-corrected chi connectivity index (χ4v) is 1.90. The molecule has 102 valence electrons. The third-order valence-electron chi connectivity index (χ3n) is 2.78. The summed E-state index contributed by atoms with van der Waals surface area (Å²) in [6.07, 6.45) is 0. The molecule has 1 N–H and O–H groups in total. The molecule has 0 bridgehead atoms. The van der Waals surface area contributed by atoms with Gasteiger partial charge in [0, 0.05) is 12.6 Å². The standard InChI is InChI=1S/C15H21N3O/c1-11(2)17-15(19)10-18(4)9-14-6-5-13(8-16)7-12(14)3/h5-7,11H,9-10H2,1-4H3,(H,17,19). The summed E-state index contributed by atoms with van der Waals surface area (Å²) < 4.78 is 0. The summed E-state index contributed by atoms with van der Waals surface area (Å²) in [4.78, 5) is 13.6. The number of hydrogen-bond donors (Lipinski definition) is 1. The first-order valence-electron chi connectivity index (χ1n) is 6.40. The Bertz CT molecular complexity index is 489. The van der Waals surface area contributed by atoms with E-state index in [1.165, 1.54) is 0 Å². The lowest BCUT2D eigenvalue weighted by atomic mass is 10.1.